The highest BCUT2D eigenvalue weighted by Crippen LogP contribution is 2.58. The molecule has 6 aromatic carbocycles. The number of hydrogen-bond acceptors (Lipinski definition) is 6. The molecule has 0 heterocycles. The second-order valence-electron chi connectivity index (χ2n) is 11.9. The van der Waals surface area contributed by atoms with Gasteiger partial charge in [0.1, 0.15) is 34.5 Å². The number of terminal acetylenes is 4. The van der Waals surface area contributed by atoms with Gasteiger partial charge in [-0.25, -0.2) is 0 Å². The molecule has 0 unspecified atom stereocenters. The summed E-state index contributed by atoms with van der Waals surface area (Å²) in [5.74, 6) is 13.0. The SMILES string of the molecule is C#Cc1cc(C#C)c2c(c1)C(c1ccc(Oc3ccc(N)c(O)c3)cc1)(c1ccc(Oc3ccc(N)c(O)c3)cc1)c1cc(C#C)cc(C#C)c1-2. The summed E-state index contributed by atoms with van der Waals surface area (Å²) in [4.78, 5) is 0. The van der Waals surface area contributed by atoms with Gasteiger partial charge in [0.2, 0.25) is 0 Å². The van der Waals surface area contributed by atoms with Crippen LogP contribution in [0, 0.1) is 49.4 Å². The van der Waals surface area contributed by atoms with Gasteiger partial charge in [0.05, 0.1) is 16.8 Å². The van der Waals surface area contributed by atoms with Crippen LogP contribution in [0.1, 0.15) is 44.5 Å². The van der Waals surface area contributed by atoms with Crippen LogP contribution < -0.4 is 20.9 Å². The molecule has 0 amide bonds. The van der Waals surface area contributed by atoms with Gasteiger partial charge >= 0.3 is 0 Å². The molecule has 0 fully saturated rings. The number of fused-ring (bicyclic) bond motifs is 3. The van der Waals surface area contributed by atoms with E-state index in [9.17, 15) is 10.2 Å². The summed E-state index contributed by atoms with van der Waals surface area (Å²) in [5.41, 5.74) is 18.4. The molecule has 0 saturated carbocycles. The molecule has 7 rings (SSSR count). The summed E-state index contributed by atoms with van der Waals surface area (Å²) >= 11 is 0. The van der Waals surface area contributed by atoms with E-state index in [0.717, 1.165) is 33.4 Å². The number of nitrogen functional groups attached to an aromatic ring is 2. The largest absolute Gasteiger partial charge is 0.506 e. The summed E-state index contributed by atoms with van der Waals surface area (Å²) < 4.78 is 12.2. The number of benzene rings is 6. The maximum atomic E-state index is 10.1. The molecule has 0 aromatic heterocycles. The van der Waals surface area contributed by atoms with Gasteiger partial charge in [0, 0.05) is 45.5 Å². The molecule has 0 spiro atoms. The first-order chi connectivity index (χ1) is 24.7. The average molecular weight is 661 g/mol. The lowest BCUT2D eigenvalue weighted by atomic mass is 9.67. The smallest absolute Gasteiger partial charge is 0.142 e. The van der Waals surface area contributed by atoms with Crippen LogP contribution in [0.2, 0.25) is 0 Å². The van der Waals surface area contributed by atoms with Crippen LogP contribution in [0.3, 0.4) is 0 Å². The topological polar surface area (TPSA) is 111 Å². The van der Waals surface area contributed by atoms with Crippen LogP contribution in [0.5, 0.6) is 34.5 Å². The lowest BCUT2D eigenvalue weighted by Gasteiger charge is -2.34. The number of aromatic hydroxyl groups is 2. The molecule has 6 nitrogen and oxygen atoms in total. The Morgan fingerprint density at radius 3 is 1.18 bits per heavy atom. The number of hydrogen-bond donors (Lipinski definition) is 4. The number of phenolic OH excluding ortho intramolecular Hbond substituents is 2. The molecule has 6 heteroatoms. The van der Waals surface area contributed by atoms with E-state index in [4.69, 9.17) is 46.6 Å². The molecule has 1 aliphatic carbocycles. The molecule has 0 bridgehead atoms. The molecule has 0 atom stereocenters. The molecule has 0 radical (unpaired) electrons. The Balaban J connectivity index is 1.48. The highest BCUT2D eigenvalue weighted by atomic mass is 16.5. The Kier molecular flexibility index (Phi) is 7.78. The van der Waals surface area contributed by atoms with Crippen molar-refractivity contribution in [1.29, 1.82) is 0 Å². The summed E-state index contributed by atoms with van der Waals surface area (Å²) in [6.45, 7) is 0. The Morgan fingerprint density at radius 1 is 0.471 bits per heavy atom. The van der Waals surface area contributed by atoms with Gasteiger partial charge in [-0.05, 0) is 95.1 Å². The minimum absolute atomic E-state index is 0.0786. The van der Waals surface area contributed by atoms with Gasteiger partial charge in [-0.3, -0.25) is 0 Å². The van der Waals surface area contributed by atoms with Crippen molar-refractivity contribution in [2.24, 2.45) is 0 Å². The Morgan fingerprint density at radius 2 is 0.843 bits per heavy atom. The van der Waals surface area contributed by atoms with E-state index in [1.54, 1.807) is 24.3 Å². The molecule has 1 aliphatic rings. The molecular weight excluding hydrogens is 633 g/mol. The lowest BCUT2D eigenvalue weighted by Crippen LogP contribution is -2.29. The fraction of sp³-hybridized carbons (Fsp3) is 0.0222. The summed E-state index contributed by atoms with van der Waals surface area (Å²) in [5, 5.41) is 20.2. The van der Waals surface area contributed by atoms with Crippen LogP contribution in [0.4, 0.5) is 11.4 Å². The predicted molar refractivity (Wildman–Crippen MR) is 201 cm³/mol. The molecule has 6 aromatic rings. The maximum Gasteiger partial charge on any atom is 0.142 e. The van der Waals surface area contributed by atoms with E-state index < -0.39 is 5.41 Å². The first kappa shape index (κ1) is 31.9. The third-order valence-electron chi connectivity index (χ3n) is 9.03. The van der Waals surface area contributed by atoms with Crippen LogP contribution in [0.25, 0.3) is 11.1 Å². The highest BCUT2D eigenvalue weighted by Gasteiger charge is 2.48. The van der Waals surface area contributed by atoms with Gasteiger partial charge in [-0.1, -0.05) is 47.9 Å². The van der Waals surface area contributed by atoms with E-state index in [1.165, 1.54) is 12.1 Å². The zero-order chi connectivity index (χ0) is 35.9. The van der Waals surface area contributed by atoms with Crippen molar-refractivity contribution in [3.05, 3.63) is 154 Å². The molecular formula is C45H28N2O4. The Hall–Kier alpha value is -7.64. The zero-order valence-corrected chi connectivity index (χ0v) is 27.1. The van der Waals surface area contributed by atoms with Crippen LogP contribution in [-0.2, 0) is 5.41 Å². The highest BCUT2D eigenvalue weighted by molar-refractivity contribution is 5.93. The van der Waals surface area contributed by atoms with Crippen molar-refractivity contribution in [1.82, 2.24) is 0 Å². The number of nitrogens with two attached hydrogens (primary N) is 2. The number of phenols is 2. The van der Waals surface area contributed by atoms with Crippen molar-refractivity contribution in [3.63, 3.8) is 0 Å². The number of rotatable bonds is 6. The van der Waals surface area contributed by atoms with Gasteiger partial charge in [-0.15, -0.1) is 25.7 Å². The molecule has 242 valence electrons. The van der Waals surface area contributed by atoms with E-state index >= 15 is 0 Å². The predicted octanol–water partition coefficient (Wildman–Crippen LogP) is 8.14. The monoisotopic (exact) mass is 660 g/mol. The number of anilines is 2. The third-order valence-corrected chi connectivity index (χ3v) is 9.03. The number of ether oxygens (including phenoxy) is 2. The van der Waals surface area contributed by atoms with E-state index in [2.05, 4.69) is 23.7 Å². The standard InChI is InChI=1S/C45H28N2O4/c1-5-27-21-29(7-3)43-37(23-27)45(38-24-28(6-2)22-30(8-4)44(38)43,31-9-13-33(14-10-31)50-35-17-19-39(46)41(48)25-35)32-11-15-34(16-12-32)51-36-18-20-40(47)42(49)26-36/h1-4,9-26,48-49H,46-47H2. The summed E-state index contributed by atoms with van der Waals surface area (Å²) in [6.07, 6.45) is 24.3. The summed E-state index contributed by atoms with van der Waals surface area (Å²) in [6, 6.07) is 32.2. The maximum absolute atomic E-state index is 10.1. The van der Waals surface area contributed by atoms with Gasteiger partial charge < -0.3 is 31.2 Å². The van der Waals surface area contributed by atoms with Gasteiger partial charge in [-0.2, -0.15) is 0 Å². The third kappa shape index (κ3) is 5.28. The minimum Gasteiger partial charge on any atom is -0.506 e. The second kappa shape index (κ2) is 12.4. The van der Waals surface area contributed by atoms with Crippen molar-refractivity contribution < 1.29 is 19.7 Å². The first-order valence-electron chi connectivity index (χ1n) is 15.7. The van der Waals surface area contributed by atoms with E-state index in [-0.39, 0.29) is 22.9 Å². The molecule has 0 aliphatic heterocycles. The van der Waals surface area contributed by atoms with Gasteiger partial charge in [0.15, 0.2) is 0 Å². The van der Waals surface area contributed by atoms with E-state index in [0.29, 0.717) is 45.3 Å². The second-order valence-corrected chi connectivity index (χ2v) is 11.9. The molecule has 0 saturated heterocycles. The van der Waals surface area contributed by atoms with Crippen LogP contribution in [-0.4, -0.2) is 10.2 Å². The van der Waals surface area contributed by atoms with Crippen molar-refractivity contribution in [2.45, 2.75) is 5.41 Å². The van der Waals surface area contributed by atoms with Gasteiger partial charge in [0.25, 0.3) is 0 Å². The fourth-order valence-corrected chi connectivity index (χ4v) is 6.73. The molecule has 51 heavy (non-hydrogen) atoms. The van der Waals surface area contributed by atoms with Crippen molar-refractivity contribution in [3.8, 4) is 95.0 Å². The Bertz CT molecular complexity index is 2380. The van der Waals surface area contributed by atoms with Crippen LogP contribution in [0.15, 0.2) is 109 Å². The average Bonchev–Trinajstić information content (AvgIpc) is 3.45. The molecule has 6 N–H and O–H groups in total. The summed E-state index contributed by atoms with van der Waals surface area (Å²) in [7, 11) is 0. The first-order valence-corrected chi connectivity index (χ1v) is 15.7. The van der Waals surface area contributed by atoms with Crippen molar-refractivity contribution in [2.75, 3.05) is 11.5 Å². The fourth-order valence-electron chi connectivity index (χ4n) is 6.73. The Labute approximate surface area is 295 Å². The lowest BCUT2D eigenvalue weighted by molar-refractivity contribution is 0.456. The van der Waals surface area contributed by atoms with Crippen molar-refractivity contribution >= 4 is 11.4 Å². The quantitative estimate of drug-likeness (QED) is 0.0815. The van der Waals surface area contributed by atoms with Crippen LogP contribution >= 0.6 is 0 Å². The minimum atomic E-state index is -1.02. The normalized spacial score (nSPS) is 11.9. The van der Waals surface area contributed by atoms with E-state index in [1.807, 2.05) is 72.8 Å². The zero-order valence-electron chi connectivity index (χ0n) is 27.1.